The van der Waals surface area contributed by atoms with Gasteiger partial charge in [-0.3, -0.25) is 4.57 Å². The standard InChI is InChI=1S/C19H15ClFN5O/c1-25-16(10-22-19(25)27)18-23-17(13-5-3-2-4-6-13)24-26(18)11-12-7-14(20)9-15(21)8-12/h2-10H,11H2,1H3,(H,22,27). The van der Waals surface area contributed by atoms with Crippen LogP contribution in [0.2, 0.25) is 5.02 Å². The minimum atomic E-state index is -0.420. The lowest BCUT2D eigenvalue weighted by Crippen LogP contribution is -2.14. The minimum Gasteiger partial charge on any atom is -0.312 e. The summed E-state index contributed by atoms with van der Waals surface area (Å²) >= 11 is 5.97. The topological polar surface area (TPSA) is 68.5 Å². The summed E-state index contributed by atoms with van der Waals surface area (Å²) in [5, 5.41) is 4.88. The molecule has 0 aliphatic heterocycles. The highest BCUT2D eigenvalue weighted by atomic mass is 35.5. The van der Waals surface area contributed by atoms with Gasteiger partial charge in [0.05, 0.1) is 6.54 Å². The molecule has 0 fully saturated rings. The van der Waals surface area contributed by atoms with Crippen LogP contribution in [0.4, 0.5) is 4.39 Å². The molecule has 0 saturated carbocycles. The second-order valence-corrected chi connectivity index (χ2v) is 6.53. The molecule has 0 atom stereocenters. The molecule has 0 bridgehead atoms. The van der Waals surface area contributed by atoms with Crippen LogP contribution in [0, 0.1) is 5.82 Å². The van der Waals surface area contributed by atoms with E-state index in [2.05, 4.69) is 15.1 Å². The van der Waals surface area contributed by atoms with Crippen LogP contribution in [0.1, 0.15) is 5.56 Å². The van der Waals surface area contributed by atoms with Crippen LogP contribution < -0.4 is 5.69 Å². The Morgan fingerprint density at radius 3 is 2.63 bits per heavy atom. The first-order valence-corrected chi connectivity index (χ1v) is 8.59. The first-order valence-electron chi connectivity index (χ1n) is 8.21. The molecular weight excluding hydrogens is 369 g/mol. The van der Waals surface area contributed by atoms with Crippen molar-refractivity contribution in [2.45, 2.75) is 6.54 Å². The molecule has 6 nitrogen and oxygen atoms in total. The lowest BCUT2D eigenvalue weighted by molar-refractivity contribution is 0.619. The van der Waals surface area contributed by atoms with Crippen molar-refractivity contribution >= 4 is 11.6 Å². The Kier molecular flexibility index (Phi) is 4.37. The van der Waals surface area contributed by atoms with Crippen molar-refractivity contribution in [3.05, 3.63) is 81.6 Å². The van der Waals surface area contributed by atoms with Gasteiger partial charge in [0.2, 0.25) is 0 Å². The fourth-order valence-corrected chi connectivity index (χ4v) is 3.12. The Hall–Kier alpha value is -3.19. The number of hydrogen-bond donors (Lipinski definition) is 1. The van der Waals surface area contributed by atoms with Crippen LogP contribution in [0.5, 0.6) is 0 Å². The van der Waals surface area contributed by atoms with E-state index in [0.29, 0.717) is 27.9 Å². The van der Waals surface area contributed by atoms with Crippen molar-refractivity contribution in [1.29, 1.82) is 0 Å². The number of H-pyrrole nitrogens is 1. The molecule has 0 unspecified atom stereocenters. The zero-order chi connectivity index (χ0) is 19.0. The maximum absolute atomic E-state index is 13.7. The quantitative estimate of drug-likeness (QED) is 0.586. The highest BCUT2D eigenvalue weighted by molar-refractivity contribution is 6.30. The molecule has 2 heterocycles. The molecule has 0 saturated heterocycles. The third-order valence-electron chi connectivity index (χ3n) is 4.19. The lowest BCUT2D eigenvalue weighted by atomic mass is 10.2. The summed E-state index contributed by atoms with van der Waals surface area (Å²) in [6.45, 7) is 0.256. The normalized spacial score (nSPS) is 11.1. The number of hydrogen-bond acceptors (Lipinski definition) is 3. The molecule has 27 heavy (non-hydrogen) atoms. The Balaban J connectivity index is 1.84. The fraction of sp³-hybridized carbons (Fsp3) is 0.105. The summed E-state index contributed by atoms with van der Waals surface area (Å²) in [6.07, 6.45) is 1.58. The van der Waals surface area contributed by atoms with Crippen molar-refractivity contribution in [2.75, 3.05) is 0 Å². The molecule has 2 aromatic carbocycles. The van der Waals surface area contributed by atoms with Gasteiger partial charge in [0.25, 0.3) is 0 Å². The first kappa shape index (κ1) is 17.2. The van der Waals surface area contributed by atoms with Gasteiger partial charge < -0.3 is 4.98 Å². The lowest BCUT2D eigenvalue weighted by Gasteiger charge is -2.07. The SMILES string of the molecule is Cn1c(-c2nc(-c3ccccc3)nn2Cc2cc(F)cc(Cl)c2)c[nH]c1=O. The molecule has 0 aliphatic carbocycles. The summed E-state index contributed by atoms with van der Waals surface area (Å²) in [5.74, 6) is 0.591. The third kappa shape index (κ3) is 3.41. The van der Waals surface area contributed by atoms with Gasteiger partial charge in [0.1, 0.15) is 11.5 Å². The van der Waals surface area contributed by atoms with E-state index < -0.39 is 5.82 Å². The van der Waals surface area contributed by atoms with Crippen LogP contribution in [0.15, 0.2) is 59.5 Å². The van der Waals surface area contributed by atoms with Crippen LogP contribution in [0.25, 0.3) is 22.9 Å². The number of nitrogens with zero attached hydrogens (tertiary/aromatic N) is 4. The smallest absolute Gasteiger partial charge is 0.312 e. The number of aromatic amines is 1. The number of benzene rings is 2. The summed E-state index contributed by atoms with van der Waals surface area (Å²) in [7, 11) is 1.65. The Labute approximate surface area is 158 Å². The van der Waals surface area contributed by atoms with Crippen LogP contribution in [-0.4, -0.2) is 24.3 Å². The van der Waals surface area contributed by atoms with Crippen LogP contribution >= 0.6 is 11.6 Å². The van der Waals surface area contributed by atoms with Crippen molar-refractivity contribution in [2.24, 2.45) is 7.05 Å². The Bertz CT molecular complexity index is 1140. The number of aromatic nitrogens is 5. The average molecular weight is 384 g/mol. The number of halogens is 2. The Morgan fingerprint density at radius 2 is 1.96 bits per heavy atom. The van der Waals surface area contributed by atoms with Crippen LogP contribution in [0.3, 0.4) is 0 Å². The van der Waals surface area contributed by atoms with Gasteiger partial charge in [0, 0.05) is 23.8 Å². The van der Waals surface area contributed by atoms with E-state index in [9.17, 15) is 9.18 Å². The van der Waals surface area contributed by atoms with Gasteiger partial charge in [-0.1, -0.05) is 41.9 Å². The van der Waals surface area contributed by atoms with E-state index in [-0.39, 0.29) is 12.2 Å². The van der Waals surface area contributed by atoms with E-state index in [0.717, 1.165) is 5.56 Å². The van der Waals surface area contributed by atoms with Crippen molar-refractivity contribution in [3.8, 4) is 22.9 Å². The van der Waals surface area contributed by atoms with Crippen molar-refractivity contribution in [1.82, 2.24) is 24.3 Å². The third-order valence-corrected chi connectivity index (χ3v) is 4.40. The molecule has 0 radical (unpaired) electrons. The van der Waals surface area contributed by atoms with Gasteiger partial charge in [-0.15, -0.1) is 0 Å². The molecule has 136 valence electrons. The van der Waals surface area contributed by atoms with E-state index in [1.807, 2.05) is 30.3 Å². The molecule has 8 heteroatoms. The summed E-state index contributed by atoms with van der Waals surface area (Å²) in [5.41, 5.74) is 1.81. The molecule has 2 aromatic heterocycles. The summed E-state index contributed by atoms with van der Waals surface area (Å²) < 4.78 is 16.8. The zero-order valence-electron chi connectivity index (χ0n) is 14.4. The molecule has 0 aliphatic rings. The number of nitrogens with one attached hydrogen (secondary N) is 1. The second kappa shape index (κ2) is 6.85. The maximum atomic E-state index is 13.7. The van der Waals surface area contributed by atoms with Gasteiger partial charge >= 0.3 is 5.69 Å². The fourth-order valence-electron chi connectivity index (χ4n) is 2.87. The summed E-state index contributed by atoms with van der Waals surface area (Å²) in [4.78, 5) is 19.1. The zero-order valence-corrected chi connectivity index (χ0v) is 15.1. The van der Waals surface area contributed by atoms with E-state index in [1.54, 1.807) is 24.0 Å². The van der Waals surface area contributed by atoms with E-state index >= 15 is 0 Å². The predicted octanol–water partition coefficient (Wildman–Crippen LogP) is 3.48. The monoisotopic (exact) mass is 383 g/mol. The Morgan fingerprint density at radius 1 is 1.19 bits per heavy atom. The first-order chi connectivity index (χ1) is 13.0. The van der Waals surface area contributed by atoms with Gasteiger partial charge in [-0.05, 0) is 23.8 Å². The van der Waals surface area contributed by atoms with E-state index in [1.165, 1.54) is 16.7 Å². The highest BCUT2D eigenvalue weighted by Crippen LogP contribution is 2.23. The van der Waals surface area contributed by atoms with Gasteiger partial charge in [-0.2, -0.15) is 5.10 Å². The van der Waals surface area contributed by atoms with Gasteiger partial charge in [0.15, 0.2) is 11.6 Å². The predicted molar refractivity (Wildman–Crippen MR) is 101 cm³/mol. The maximum Gasteiger partial charge on any atom is 0.325 e. The molecule has 4 aromatic rings. The molecular formula is C19H15ClFN5O. The van der Waals surface area contributed by atoms with Gasteiger partial charge in [-0.25, -0.2) is 18.9 Å². The van der Waals surface area contributed by atoms with Crippen molar-refractivity contribution in [3.63, 3.8) is 0 Å². The second-order valence-electron chi connectivity index (χ2n) is 6.10. The van der Waals surface area contributed by atoms with Crippen molar-refractivity contribution < 1.29 is 4.39 Å². The molecule has 4 rings (SSSR count). The molecule has 0 amide bonds. The number of imidazole rings is 1. The number of rotatable bonds is 4. The largest absolute Gasteiger partial charge is 0.325 e. The minimum absolute atomic E-state index is 0.255. The molecule has 1 N–H and O–H groups in total. The highest BCUT2D eigenvalue weighted by Gasteiger charge is 2.17. The summed E-state index contributed by atoms with van der Waals surface area (Å²) in [6, 6.07) is 13.8. The molecule has 0 spiro atoms. The van der Waals surface area contributed by atoms with E-state index in [4.69, 9.17) is 11.6 Å². The average Bonchev–Trinajstić information content (AvgIpc) is 3.19. The van der Waals surface area contributed by atoms with Crippen LogP contribution in [-0.2, 0) is 13.6 Å².